The monoisotopic (exact) mass is 172 g/mol. The van der Waals surface area contributed by atoms with Gasteiger partial charge in [0.15, 0.2) is 0 Å². The van der Waals surface area contributed by atoms with E-state index in [9.17, 15) is 9.90 Å². The Bertz CT molecular complexity index is 171. The minimum absolute atomic E-state index is 0.230. The summed E-state index contributed by atoms with van der Waals surface area (Å²) >= 11 is 0. The fourth-order valence-corrected chi connectivity index (χ4v) is 1.62. The van der Waals surface area contributed by atoms with E-state index in [0.717, 1.165) is 19.3 Å². The Morgan fingerprint density at radius 1 is 1.67 bits per heavy atom. The molecule has 1 fully saturated rings. The molecule has 0 saturated heterocycles. The van der Waals surface area contributed by atoms with E-state index in [2.05, 4.69) is 0 Å². The fourth-order valence-electron chi connectivity index (χ4n) is 1.62. The first-order chi connectivity index (χ1) is 5.63. The van der Waals surface area contributed by atoms with Crippen molar-refractivity contribution >= 4 is 5.97 Å². The number of carbonyl (C=O) groups is 1. The average molecular weight is 172 g/mol. The zero-order valence-corrected chi connectivity index (χ0v) is 7.67. The summed E-state index contributed by atoms with van der Waals surface area (Å²) in [5.41, 5.74) is -0.573. The van der Waals surface area contributed by atoms with Crippen molar-refractivity contribution in [1.29, 1.82) is 0 Å². The van der Waals surface area contributed by atoms with Crippen molar-refractivity contribution in [3.05, 3.63) is 0 Å². The molecule has 1 aliphatic rings. The van der Waals surface area contributed by atoms with E-state index in [4.69, 9.17) is 4.74 Å². The lowest BCUT2D eigenvalue weighted by atomic mass is 9.65. The zero-order chi connectivity index (χ0) is 9.19. The van der Waals surface area contributed by atoms with E-state index in [0.29, 0.717) is 6.61 Å². The highest BCUT2D eigenvalue weighted by Gasteiger charge is 2.49. The first-order valence-corrected chi connectivity index (χ1v) is 4.49. The highest BCUT2D eigenvalue weighted by molar-refractivity contribution is 5.78. The van der Waals surface area contributed by atoms with Gasteiger partial charge in [-0.2, -0.15) is 0 Å². The van der Waals surface area contributed by atoms with Crippen LogP contribution in [0, 0.1) is 5.41 Å². The lowest BCUT2D eigenvalue weighted by molar-refractivity contribution is -0.170. The number of aliphatic hydroxyl groups is 1. The Kier molecular flexibility index (Phi) is 2.73. The first-order valence-electron chi connectivity index (χ1n) is 4.49. The molecule has 0 aromatic carbocycles. The third-order valence-corrected chi connectivity index (χ3v) is 2.73. The van der Waals surface area contributed by atoms with Crippen molar-refractivity contribution in [2.75, 3.05) is 6.61 Å². The maximum Gasteiger partial charge on any atom is 0.314 e. The number of ether oxygens (including phenoxy) is 1. The molecule has 0 spiro atoms. The normalized spacial score (nSPS) is 22.6. The summed E-state index contributed by atoms with van der Waals surface area (Å²) in [6.07, 6.45) is 1.97. The molecule has 0 radical (unpaired) electrons. The Morgan fingerprint density at radius 2 is 2.25 bits per heavy atom. The SMILES string of the molecule is CCOC(=O)C1(C(C)O)CCC1. The molecule has 3 heteroatoms. The molecular weight excluding hydrogens is 156 g/mol. The van der Waals surface area contributed by atoms with Gasteiger partial charge in [-0.3, -0.25) is 4.79 Å². The molecule has 1 unspecified atom stereocenters. The molecule has 0 aromatic rings. The van der Waals surface area contributed by atoms with Crippen LogP contribution < -0.4 is 0 Å². The predicted octanol–water partition coefficient (Wildman–Crippen LogP) is 1.10. The molecule has 0 aliphatic heterocycles. The molecule has 0 amide bonds. The van der Waals surface area contributed by atoms with E-state index in [1.807, 2.05) is 0 Å². The first kappa shape index (κ1) is 9.52. The molecule has 70 valence electrons. The van der Waals surface area contributed by atoms with Gasteiger partial charge in [-0.1, -0.05) is 6.42 Å². The zero-order valence-electron chi connectivity index (χ0n) is 7.67. The molecule has 0 bridgehead atoms. The van der Waals surface area contributed by atoms with Gasteiger partial charge in [-0.15, -0.1) is 0 Å². The quantitative estimate of drug-likeness (QED) is 0.648. The molecule has 12 heavy (non-hydrogen) atoms. The Hall–Kier alpha value is -0.570. The standard InChI is InChI=1S/C9H16O3/c1-3-12-8(11)9(7(2)10)5-4-6-9/h7,10H,3-6H2,1-2H3. The van der Waals surface area contributed by atoms with Gasteiger partial charge in [-0.05, 0) is 26.7 Å². The van der Waals surface area contributed by atoms with E-state index < -0.39 is 11.5 Å². The summed E-state index contributed by atoms with van der Waals surface area (Å²) in [4.78, 5) is 11.4. The molecule has 0 aromatic heterocycles. The number of hydrogen-bond donors (Lipinski definition) is 1. The van der Waals surface area contributed by atoms with E-state index >= 15 is 0 Å². The molecule has 1 atom stereocenters. The topological polar surface area (TPSA) is 46.5 Å². The second-order valence-electron chi connectivity index (χ2n) is 3.41. The molecule has 0 heterocycles. The highest BCUT2D eigenvalue weighted by Crippen LogP contribution is 2.44. The number of hydrogen-bond acceptors (Lipinski definition) is 3. The maximum atomic E-state index is 11.4. The summed E-state index contributed by atoms with van der Waals surface area (Å²) in [5, 5.41) is 9.42. The Labute approximate surface area is 72.7 Å². The molecule has 1 rings (SSSR count). The maximum absolute atomic E-state index is 11.4. The van der Waals surface area contributed by atoms with Gasteiger partial charge >= 0.3 is 5.97 Å². The lowest BCUT2D eigenvalue weighted by Crippen LogP contribution is -2.47. The average Bonchev–Trinajstić information content (AvgIpc) is 1.83. The van der Waals surface area contributed by atoms with Gasteiger partial charge in [0, 0.05) is 0 Å². The van der Waals surface area contributed by atoms with Crippen LogP contribution in [-0.4, -0.2) is 23.8 Å². The van der Waals surface area contributed by atoms with E-state index in [-0.39, 0.29) is 5.97 Å². The molecule has 1 N–H and O–H groups in total. The van der Waals surface area contributed by atoms with Crippen LogP contribution in [0.5, 0.6) is 0 Å². The smallest absolute Gasteiger partial charge is 0.314 e. The summed E-state index contributed by atoms with van der Waals surface area (Å²) < 4.78 is 4.91. The lowest BCUT2D eigenvalue weighted by Gasteiger charge is -2.41. The van der Waals surface area contributed by atoms with Gasteiger partial charge in [0.25, 0.3) is 0 Å². The Balaban J connectivity index is 2.60. The van der Waals surface area contributed by atoms with Crippen LogP contribution in [0.25, 0.3) is 0 Å². The second kappa shape index (κ2) is 3.44. The molecule has 3 nitrogen and oxygen atoms in total. The van der Waals surface area contributed by atoms with Crippen LogP contribution in [-0.2, 0) is 9.53 Å². The van der Waals surface area contributed by atoms with Crippen molar-refractivity contribution in [2.24, 2.45) is 5.41 Å². The number of carbonyl (C=O) groups excluding carboxylic acids is 1. The van der Waals surface area contributed by atoms with Crippen LogP contribution >= 0.6 is 0 Å². The van der Waals surface area contributed by atoms with E-state index in [1.165, 1.54) is 0 Å². The number of esters is 1. The van der Waals surface area contributed by atoms with E-state index in [1.54, 1.807) is 13.8 Å². The van der Waals surface area contributed by atoms with Crippen molar-refractivity contribution in [1.82, 2.24) is 0 Å². The summed E-state index contributed by atoms with van der Waals surface area (Å²) in [7, 11) is 0. The minimum Gasteiger partial charge on any atom is -0.465 e. The molecule has 1 saturated carbocycles. The highest BCUT2D eigenvalue weighted by atomic mass is 16.5. The number of rotatable bonds is 3. The van der Waals surface area contributed by atoms with Crippen molar-refractivity contribution in [3.63, 3.8) is 0 Å². The van der Waals surface area contributed by atoms with Gasteiger partial charge in [0.2, 0.25) is 0 Å². The van der Waals surface area contributed by atoms with Gasteiger partial charge in [0.05, 0.1) is 18.1 Å². The largest absolute Gasteiger partial charge is 0.465 e. The van der Waals surface area contributed by atoms with Crippen molar-refractivity contribution in [3.8, 4) is 0 Å². The minimum atomic E-state index is -0.578. The van der Waals surface area contributed by atoms with Crippen molar-refractivity contribution < 1.29 is 14.6 Å². The van der Waals surface area contributed by atoms with Gasteiger partial charge < -0.3 is 9.84 Å². The fraction of sp³-hybridized carbons (Fsp3) is 0.889. The summed E-state index contributed by atoms with van der Waals surface area (Å²) in [6, 6.07) is 0. The van der Waals surface area contributed by atoms with Crippen LogP contribution in [0.2, 0.25) is 0 Å². The number of aliphatic hydroxyl groups excluding tert-OH is 1. The van der Waals surface area contributed by atoms with Crippen LogP contribution in [0.1, 0.15) is 33.1 Å². The van der Waals surface area contributed by atoms with Crippen LogP contribution in [0.15, 0.2) is 0 Å². The third-order valence-electron chi connectivity index (χ3n) is 2.73. The second-order valence-corrected chi connectivity index (χ2v) is 3.41. The third kappa shape index (κ3) is 1.33. The van der Waals surface area contributed by atoms with Gasteiger partial charge in [0.1, 0.15) is 0 Å². The molecular formula is C9H16O3. The van der Waals surface area contributed by atoms with Crippen molar-refractivity contribution in [2.45, 2.75) is 39.2 Å². The van der Waals surface area contributed by atoms with Crippen LogP contribution in [0.3, 0.4) is 0 Å². The molecule has 1 aliphatic carbocycles. The summed E-state index contributed by atoms with van der Waals surface area (Å²) in [5.74, 6) is -0.230. The van der Waals surface area contributed by atoms with Crippen LogP contribution in [0.4, 0.5) is 0 Å². The predicted molar refractivity (Wildman–Crippen MR) is 44.6 cm³/mol. The van der Waals surface area contributed by atoms with Gasteiger partial charge in [-0.25, -0.2) is 0 Å². The summed E-state index contributed by atoms with van der Waals surface area (Å²) in [6.45, 7) is 3.84. The Morgan fingerprint density at radius 3 is 2.50 bits per heavy atom.